The average Bonchev–Trinajstić information content (AvgIpc) is 3.03. The maximum Gasteiger partial charge on any atom is 0.283 e. The number of hydrogen-bond donors (Lipinski definition) is 0. The predicted octanol–water partition coefficient (Wildman–Crippen LogP) is 2.25. The monoisotopic (exact) mass is 413 g/mol. The number of nitrogens with zero attached hydrogens (tertiary/aromatic N) is 3. The predicted molar refractivity (Wildman–Crippen MR) is 96.8 cm³/mol. The minimum absolute atomic E-state index is 0.0227. The molecule has 11 heteroatoms. The van der Waals surface area contributed by atoms with Gasteiger partial charge in [-0.1, -0.05) is 12.1 Å². The molecule has 144 valence electrons. The van der Waals surface area contributed by atoms with Gasteiger partial charge in [0.2, 0.25) is 10.0 Å². The lowest BCUT2D eigenvalue weighted by Crippen LogP contribution is -2.50. The first-order valence-corrected chi connectivity index (χ1v) is 10.3. The average molecular weight is 413 g/mol. The molecule has 8 nitrogen and oxygen atoms in total. The molecule has 1 aliphatic rings. The Morgan fingerprint density at radius 3 is 2.41 bits per heavy atom. The molecule has 2 aromatic rings. The summed E-state index contributed by atoms with van der Waals surface area (Å²) in [7, 11) is -3.99. The number of aryl methyl sites for hydroxylation is 1. The molecule has 27 heavy (non-hydrogen) atoms. The van der Waals surface area contributed by atoms with E-state index in [4.69, 9.17) is 0 Å². The van der Waals surface area contributed by atoms with Gasteiger partial charge in [0, 0.05) is 32.2 Å². The van der Waals surface area contributed by atoms with Gasteiger partial charge >= 0.3 is 0 Å². The van der Waals surface area contributed by atoms with Crippen LogP contribution in [0, 0.1) is 22.9 Å². The summed E-state index contributed by atoms with van der Waals surface area (Å²) in [4.78, 5) is 24.7. The number of carbonyl (C=O) groups is 1. The van der Waals surface area contributed by atoms with Crippen molar-refractivity contribution in [3.05, 3.63) is 56.0 Å². The molecule has 0 spiro atoms. The Bertz CT molecular complexity index is 997. The topological polar surface area (TPSA) is 101 Å². The zero-order valence-electron chi connectivity index (χ0n) is 14.3. The first-order chi connectivity index (χ1) is 12.7. The van der Waals surface area contributed by atoms with Gasteiger partial charge < -0.3 is 4.90 Å². The minimum Gasteiger partial charge on any atom is -0.335 e. The number of thiophene rings is 1. The maximum atomic E-state index is 13.8. The van der Waals surface area contributed by atoms with Gasteiger partial charge in [-0.2, -0.15) is 4.31 Å². The van der Waals surface area contributed by atoms with Crippen LogP contribution in [0.25, 0.3) is 0 Å². The number of sulfonamides is 1. The van der Waals surface area contributed by atoms with Crippen LogP contribution in [0.2, 0.25) is 0 Å². The molecule has 1 aliphatic heterocycles. The highest BCUT2D eigenvalue weighted by Gasteiger charge is 2.33. The Hall–Kier alpha value is -2.37. The normalized spacial score (nSPS) is 15.7. The molecular formula is C16H16FN3O5S2. The van der Waals surface area contributed by atoms with Crippen LogP contribution in [-0.4, -0.2) is 54.6 Å². The van der Waals surface area contributed by atoms with Crippen LogP contribution in [0.4, 0.5) is 10.1 Å². The van der Waals surface area contributed by atoms with Crippen LogP contribution in [0.1, 0.15) is 14.5 Å². The van der Waals surface area contributed by atoms with Gasteiger partial charge in [-0.25, -0.2) is 12.8 Å². The summed E-state index contributed by atoms with van der Waals surface area (Å²) in [6.45, 7) is 1.86. The van der Waals surface area contributed by atoms with E-state index in [9.17, 15) is 27.7 Å². The van der Waals surface area contributed by atoms with E-state index in [-0.39, 0.29) is 42.7 Å². The van der Waals surface area contributed by atoms with E-state index in [1.54, 1.807) is 6.92 Å². The lowest BCUT2D eigenvalue weighted by atomic mass is 10.3. The third-order valence-corrected chi connectivity index (χ3v) is 7.24. The number of amides is 1. The summed E-state index contributed by atoms with van der Waals surface area (Å²) < 4.78 is 40.2. The Labute approximate surface area is 159 Å². The molecule has 0 unspecified atom stereocenters. The van der Waals surface area contributed by atoms with Gasteiger partial charge in [-0.3, -0.25) is 14.9 Å². The molecule has 0 radical (unpaired) electrons. The molecule has 3 rings (SSSR count). The summed E-state index contributed by atoms with van der Waals surface area (Å²) >= 11 is 1.04. The van der Waals surface area contributed by atoms with Crippen LogP contribution in [0.15, 0.2) is 35.2 Å². The molecule has 0 bridgehead atoms. The molecule has 1 saturated heterocycles. The van der Waals surface area contributed by atoms with Crippen molar-refractivity contribution in [2.24, 2.45) is 0 Å². The smallest absolute Gasteiger partial charge is 0.283 e. The summed E-state index contributed by atoms with van der Waals surface area (Å²) in [5.41, 5.74) is -0.107. The van der Waals surface area contributed by atoms with Gasteiger partial charge in [0.15, 0.2) is 0 Å². The fraction of sp³-hybridized carbons (Fsp3) is 0.312. The van der Waals surface area contributed by atoms with Crippen molar-refractivity contribution in [2.75, 3.05) is 26.2 Å². The van der Waals surface area contributed by atoms with E-state index >= 15 is 0 Å². The first-order valence-electron chi connectivity index (χ1n) is 8.00. The summed E-state index contributed by atoms with van der Waals surface area (Å²) in [6.07, 6.45) is 0. The van der Waals surface area contributed by atoms with Gasteiger partial charge in [0.05, 0.1) is 14.7 Å². The molecule has 1 aromatic heterocycles. The van der Waals surface area contributed by atoms with E-state index in [1.165, 1.54) is 29.2 Å². The summed E-state index contributed by atoms with van der Waals surface area (Å²) in [5, 5.41) is 10.9. The molecule has 1 amide bonds. The Kier molecular flexibility index (Phi) is 5.27. The SMILES string of the molecule is Cc1sc(C(=O)N2CCN(S(=O)(=O)c3ccccc3F)CC2)cc1[N+](=O)[O-]. The van der Waals surface area contributed by atoms with Gasteiger partial charge in [0.25, 0.3) is 11.6 Å². The van der Waals surface area contributed by atoms with E-state index in [0.717, 1.165) is 21.7 Å². The zero-order chi connectivity index (χ0) is 19.8. The molecule has 2 heterocycles. The maximum absolute atomic E-state index is 13.8. The van der Waals surface area contributed by atoms with E-state index in [0.29, 0.717) is 4.88 Å². The van der Waals surface area contributed by atoms with Crippen molar-refractivity contribution in [2.45, 2.75) is 11.8 Å². The number of halogens is 1. The number of benzene rings is 1. The van der Waals surface area contributed by atoms with Crippen molar-refractivity contribution in [1.29, 1.82) is 0 Å². The quantitative estimate of drug-likeness (QED) is 0.565. The summed E-state index contributed by atoms with van der Waals surface area (Å²) in [5.74, 6) is -1.20. The fourth-order valence-corrected chi connectivity index (χ4v) is 5.28. The highest BCUT2D eigenvalue weighted by molar-refractivity contribution is 7.89. The Morgan fingerprint density at radius 2 is 1.85 bits per heavy atom. The minimum atomic E-state index is -3.99. The molecule has 0 aliphatic carbocycles. The second-order valence-electron chi connectivity index (χ2n) is 5.94. The van der Waals surface area contributed by atoms with Crippen LogP contribution in [0.3, 0.4) is 0 Å². The molecule has 0 N–H and O–H groups in total. The Balaban J connectivity index is 1.72. The van der Waals surface area contributed by atoms with Crippen molar-refractivity contribution in [3.8, 4) is 0 Å². The lowest BCUT2D eigenvalue weighted by Gasteiger charge is -2.33. The summed E-state index contributed by atoms with van der Waals surface area (Å²) in [6, 6.07) is 6.38. The third kappa shape index (κ3) is 3.70. The molecule has 0 atom stereocenters. The van der Waals surface area contributed by atoms with E-state index in [2.05, 4.69) is 0 Å². The van der Waals surface area contributed by atoms with Crippen LogP contribution >= 0.6 is 11.3 Å². The molecule has 1 aromatic carbocycles. The number of nitro groups is 1. The van der Waals surface area contributed by atoms with Gasteiger partial charge in [-0.05, 0) is 19.1 Å². The lowest BCUT2D eigenvalue weighted by molar-refractivity contribution is -0.385. The number of rotatable bonds is 4. The highest BCUT2D eigenvalue weighted by Crippen LogP contribution is 2.29. The number of piperazine rings is 1. The van der Waals surface area contributed by atoms with Crippen LogP contribution in [-0.2, 0) is 10.0 Å². The second kappa shape index (κ2) is 7.33. The number of carbonyl (C=O) groups excluding carboxylic acids is 1. The largest absolute Gasteiger partial charge is 0.335 e. The van der Waals surface area contributed by atoms with Gasteiger partial charge in [-0.15, -0.1) is 11.3 Å². The van der Waals surface area contributed by atoms with Crippen molar-refractivity contribution in [1.82, 2.24) is 9.21 Å². The zero-order valence-corrected chi connectivity index (χ0v) is 15.9. The fourth-order valence-electron chi connectivity index (χ4n) is 2.84. The second-order valence-corrected chi connectivity index (χ2v) is 9.10. The first kappa shape index (κ1) is 19.4. The van der Waals surface area contributed by atoms with E-state index < -0.39 is 25.7 Å². The standard InChI is InChI=1S/C16H16FN3O5S2/c1-11-13(20(22)23)10-14(26-11)16(21)18-6-8-19(9-7-18)27(24,25)15-5-3-2-4-12(15)17/h2-5,10H,6-9H2,1H3. The number of hydrogen-bond acceptors (Lipinski definition) is 6. The molecule has 1 fully saturated rings. The van der Waals surface area contributed by atoms with Crippen LogP contribution in [0.5, 0.6) is 0 Å². The van der Waals surface area contributed by atoms with Crippen LogP contribution < -0.4 is 0 Å². The molecular weight excluding hydrogens is 397 g/mol. The van der Waals surface area contributed by atoms with Crippen molar-refractivity contribution >= 4 is 33.0 Å². The molecule has 0 saturated carbocycles. The highest BCUT2D eigenvalue weighted by atomic mass is 32.2. The van der Waals surface area contributed by atoms with Crippen molar-refractivity contribution < 1.29 is 22.5 Å². The van der Waals surface area contributed by atoms with E-state index in [1.807, 2.05) is 0 Å². The Morgan fingerprint density at radius 1 is 1.22 bits per heavy atom. The third-order valence-electron chi connectivity index (χ3n) is 4.28. The van der Waals surface area contributed by atoms with Gasteiger partial charge in [0.1, 0.15) is 10.7 Å². The van der Waals surface area contributed by atoms with Crippen molar-refractivity contribution in [3.63, 3.8) is 0 Å².